The molecule has 0 aromatic heterocycles. The normalized spacial score (nSPS) is 47.7. The number of carbonyl (C=O) groups is 1. The van der Waals surface area contributed by atoms with E-state index < -0.39 is 20.0 Å². The Labute approximate surface area is 272 Å². The summed E-state index contributed by atoms with van der Waals surface area (Å²) in [6.45, 7) is 23.7. The van der Waals surface area contributed by atoms with Gasteiger partial charge in [0.05, 0.1) is 23.7 Å². The fourth-order valence-corrected chi connectivity index (χ4v) is 13.0. The molecule has 0 saturated heterocycles. The van der Waals surface area contributed by atoms with Crippen molar-refractivity contribution >= 4 is 13.8 Å². The number of carbonyl (C=O) groups excluding carboxylic acids is 1. The Bertz CT molecular complexity index is 1150. The Morgan fingerprint density at radius 3 is 2.22 bits per heavy atom. The van der Waals surface area contributed by atoms with Gasteiger partial charge in [0.25, 0.3) is 0 Å². The molecule has 12 unspecified atom stereocenters. The second-order valence-corrected chi connectivity index (χ2v) is 18.7. The molecule has 0 aliphatic heterocycles. The maximum absolute atomic E-state index is 14.0. The van der Waals surface area contributed by atoms with Crippen LogP contribution in [0.1, 0.15) is 127 Å². The summed E-state index contributed by atoms with van der Waals surface area (Å²) in [5.74, 6) is 1.96. The van der Waals surface area contributed by atoms with Crippen molar-refractivity contribution in [3.63, 3.8) is 0 Å². The van der Waals surface area contributed by atoms with Crippen molar-refractivity contribution in [2.75, 3.05) is 13.4 Å². The molecule has 0 radical (unpaired) electrons. The monoisotopic (exact) mass is 654 g/mol. The highest BCUT2D eigenvalue weighted by molar-refractivity contribution is 7.46. The third-order valence-electron chi connectivity index (χ3n) is 15.2. The maximum atomic E-state index is 14.0. The molecule has 5 rings (SSSR count). The van der Waals surface area contributed by atoms with Crippen LogP contribution in [-0.4, -0.2) is 47.5 Å². The molecule has 2 N–H and O–H groups in total. The van der Waals surface area contributed by atoms with E-state index in [-0.39, 0.29) is 51.9 Å². The molecule has 9 heteroatoms. The predicted molar refractivity (Wildman–Crippen MR) is 174 cm³/mol. The van der Waals surface area contributed by atoms with Crippen molar-refractivity contribution in [2.45, 2.75) is 145 Å². The van der Waals surface area contributed by atoms with Crippen molar-refractivity contribution in [3.05, 3.63) is 0 Å². The first-order chi connectivity index (χ1) is 20.8. The SMILES string of the molecule is CCOC1CC2C(C)(C)C(OC(C)C)CCC2(C)C2CCC3C4C(C)C(C)CCC4(C(=O)OCOP(=O)(O)O)CCC3(C)C12C. The van der Waals surface area contributed by atoms with Crippen LogP contribution in [0.3, 0.4) is 0 Å². The van der Waals surface area contributed by atoms with Gasteiger partial charge in [-0.05, 0) is 130 Å². The Kier molecular flexibility index (Phi) is 9.65. The maximum Gasteiger partial charge on any atom is 0.472 e. The lowest BCUT2D eigenvalue weighted by molar-refractivity contribution is -0.300. The summed E-state index contributed by atoms with van der Waals surface area (Å²) in [5, 5.41) is 0. The molecular formula is C36H63O8P. The molecule has 0 spiro atoms. The van der Waals surface area contributed by atoms with Gasteiger partial charge < -0.3 is 24.0 Å². The van der Waals surface area contributed by atoms with Crippen molar-refractivity contribution in [1.82, 2.24) is 0 Å². The van der Waals surface area contributed by atoms with Gasteiger partial charge in [0, 0.05) is 12.0 Å². The van der Waals surface area contributed by atoms with Crippen LogP contribution >= 0.6 is 7.82 Å². The van der Waals surface area contributed by atoms with E-state index in [0.717, 1.165) is 51.4 Å². The van der Waals surface area contributed by atoms with Gasteiger partial charge in [-0.2, -0.15) is 0 Å². The Hall–Kier alpha value is -0.500. The summed E-state index contributed by atoms with van der Waals surface area (Å²) in [5.41, 5.74) is -0.524. The summed E-state index contributed by atoms with van der Waals surface area (Å²) >= 11 is 0. The van der Waals surface area contributed by atoms with E-state index in [0.29, 0.717) is 36.2 Å². The minimum absolute atomic E-state index is 0.0265. The summed E-state index contributed by atoms with van der Waals surface area (Å²) in [6, 6.07) is 0. The van der Waals surface area contributed by atoms with E-state index in [1.807, 2.05) is 0 Å². The van der Waals surface area contributed by atoms with Gasteiger partial charge in [0.2, 0.25) is 6.79 Å². The Morgan fingerprint density at radius 2 is 1.60 bits per heavy atom. The van der Waals surface area contributed by atoms with Gasteiger partial charge in [-0.3, -0.25) is 4.79 Å². The molecular weight excluding hydrogens is 591 g/mol. The fraction of sp³-hybridized carbons (Fsp3) is 0.972. The number of phosphoric ester groups is 1. The van der Waals surface area contributed by atoms with Crippen molar-refractivity contribution in [1.29, 1.82) is 0 Å². The number of hydrogen-bond donors (Lipinski definition) is 2. The van der Waals surface area contributed by atoms with Crippen LogP contribution < -0.4 is 0 Å². The van der Waals surface area contributed by atoms with E-state index >= 15 is 0 Å². The minimum Gasteiger partial charge on any atom is -0.437 e. The van der Waals surface area contributed by atoms with E-state index in [2.05, 4.69) is 73.8 Å². The summed E-state index contributed by atoms with van der Waals surface area (Å²) in [7, 11) is -4.73. The molecule has 0 bridgehead atoms. The van der Waals surface area contributed by atoms with E-state index in [4.69, 9.17) is 14.2 Å². The molecule has 0 aromatic rings. The van der Waals surface area contributed by atoms with Crippen molar-refractivity contribution < 1.29 is 37.9 Å². The van der Waals surface area contributed by atoms with Crippen LogP contribution in [0.25, 0.3) is 0 Å². The number of fused-ring (bicyclic) bond motifs is 7. The summed E-state index contributed by atoms with van der Waals surface area (Å²) in [4.78, 5) is 32.4. The number of rotatable bonds is 8. The first-order valence-corrected chi connectivity index (χ1v) is 19.5. The molecule has 0 heterocycles. The lowest BCUT2D eigenvalue weighted by Gasteiger charge is -2.75. The highest BCUT2D eigenvalue weighted by atomic mass is 31.2. The first-order valence-electron chi connectivity index (χ1n) is 17.9. The lowest BCUT2D eigenvalue weighted by atomic mass is 9.30. The topological polar surface area (TPSA) is 112 Å². The molecule has 5 saturated carbocycles. The van der Waals surface area contributed by atoms with Gasteiger partial charge in [-0.15, -0.1) is 0 Å². The Balaban J connectivity index is 1.53. The van der Waals surface area contributed by atoms with Gasteiger partial charge in [-0.1, -0.05) is 48.5 Å². The number of hydrogen-bond acceptors (Lipinski definition) is 6. The highest BCUT2D eigenvalue weighted by Crippen LogP contribution is 2.77. The predicted octanol–water partition coefficient (Wildman–Crippen LogP) is 8.14. The van der Waals surface area contributed by atoms with Crippen molar-refractivity contribution in [2.24, 2.45) is 62.6 Å². The molecule has 45 heavy (non-hydrogen) atoms. The molecule has 0 aromatic carbocycles. The fourth-order valence-electron chi connectivity index (χ4n) is 12.9. The van der Waals surface area contributed by atoms with E-state index in [1.165, 1.54) is 6.42 Å². The van der Waals surface area contributed by atoms with Crippen LogP contribution in [-0.2, 0) is 28.1 Å². The van der Waals surface area contributed by atoms with Crippen LogP contribution in [0.2, 0.25) is 0 Å². The average Bonchev–Trinajstić information content (AvgIpc) is 2.93. The van der Waals surface area contributed by atoms with Gasteiger partial charge >= 0.3 is 13.8 Å². The zero-order valence-electron chi connectivity index (χ0n) is 29.8. The summed E-state index contributed by atoms with van der Waals surface area (Å²) in [6.07, 6.45) is 9.45. The molecule has 8 nitrogen and oxygen atoms in total. The van der Waals surface area contributed by atoms with Crippen LogP contribution in [0, 0.1) is 62.6 Å². The molecule has 5 aliphatic carbocycles. The lowest BCUT2D eigenvalue weighted by Crippen LogP contribution is -2.72. The average molecular weight is 655 g/mol. The number of phosphoric acid groups is 1. The smallest absolute Gasteiger partial charge is 0.437 e. The van der Waals surface area contributed by atoms with E-state index in [1.54, 1.807) is 0 Å². The molecule has 260 valence electrons. The third-order valence-corrected chi connectivity index (χ3v) is 15.7. The second kappa shape index (κ2) is 12.1. The van der Waals surface area contributed by atoms with Crippen LogP contribution in [0.15, 0.2) is 0 Å². The molecule has 5 aliphatic rings. The van der Waals surface area contributed by atoms with Crippen LogP contribution in [0.4, 0.5) is 0 Å². The van der Waals surface area contributed by atoms with E-state index in [9.17, 15) is 19.1 Å². The number of ether oxygens (including phenoxy) is 3. The summed E-state index contributed by atoms with van der Waals surface area (Å²) < 4.78 is 35.0. The molecule has 12 atom stereocenters. The largest absolute Gasteiger partial charge is 0.472 e. The quantitative estimate of drug-likeness (QED) is 0.153. The number of esters is 1. The standard InChI is InChI=1S/C36H63O8P/c1-11-41-29-20-27-32(6,7)28(44-22(2)3)15-16-33(27,8)26-13-12-25-30-24(5)23(4)14-17-36(30,19-18-34(25,9)35(26,29)10)31(37)42-21-43-45(38,39)40/h22-30H,11-21H2,1-10H3,(H2,38,39,40). The van der Waals surface area contributed by atoms with Gasteiger partial charge in [-0.25, -0.2) is 9.09 Å². The zero-order chi connectivity index (χ0) is 33.4. The third kappa shape index (κ3) is 5.52. The minimum atomic E-state index is -4.73. The zero-order valence-corrected chi connectivity index (χ0v) is 30.7. The van der Waals surface area contributed by atoms with Crippen LogP contribution in [0.5, 0.6) is 0 Å². The highest BCUT2D eigenvalue weighted by Gasteiger charge is 2.74. The van der Waals surface area contributed by atoms with Gasteiger partial charge in [0.15, 0.2) is 0 Å². The molecule has 0 amide bonds. The van der Waals surface area contributed by atoms with Crippen molar-refractivity contribution in [3.8, 4) is 0 Å². The molecule has 5 fully saturated rings. The Morgan fingerprint density at radius 1 is 0.911 bits per heavy atom. The first kappa shape index (κ1) is 35.8. The van der Waals surface area contributed by atoms with Gasteiger partial charge in [0.1, 0.15) is 0 Å². The second-order valence-electron chi connectivity index (χ2n) is 17.4.